The summed E-state index contributed by atoms with van der Waals surface area (Å²) in [6, 6.07) is 0.565. The molecule has 0 spiro atoms. The summed E-state index contributed by atoms with van der Waals surface area (Å²) in [6.07, 6.45) is 10.8. The predicted molar refractivity (Wildman–Crippen MR) is 81.4 cm³/mol. The Labute approximate surface area is 119 Å². The summed E-state index contributed by atoms with van der Waals surface area (Å²) in [4.78, 5) is 0. The Kier molecular flexibility index (Phi) is 5.70. The lowest BCUT2D eigenvalue weighted by atomic mass is 9.77. The van der Waals surface area contributed by atoms with Crippen LogP contribution in [0, 0.1) is 11.8 Å². The van der Waals surface area contributed by atoms with Gasteiger partial charge in [0.05, 0.1) is 12.2 Å². The van der Waals surface area contributed by atoms with Crippen LogP contribution in [0.2, 0.25) is 0 Å². The van der Waals surface area contributed by atoms with Gasteiger partial charge < -0.3 is 10.1 Å². The fourth-order valence-corrected chi connectivity index (χ4v) is 3.24. The van der Waals surface area contributed by atoms with Crippen LogP contribution >= 0.6 is 0 Å². The largest absolute Gasteiger partial charge is 0.373 e. The van der Waals surface area contributed by atoms with Crippen LogP contribution in [-0.2, 0) is 4.74 Å². The highest BCUT2D eigenvalue weighted by molar-refractivity contribution is 4.90. The van der Waals surface area contributed by atoms with Crippen molar-refractivity contribution in [3.8, 4) is 0 Å². The average molecular weight is 267 g/mol. The molecule has 0 heterocycles. The highest BCUT2D eigenvalue weighted by Crippen LogP contribution is 2.39. The van der Waals surface area contributed by atoms with Crippen LogP contribution in [0.25, 0.3) is 0 Å². The summed E-state index contributed by atoms with van der Waals surface area (Å²) < 4.78 is 6.41. The lowest BCUT2D eigenvalue weighted by Crippen LogP contribution is -2.48. The SMILES string of the molecule is CCCC1CCC(CNC(C)C)(OCC2CC2)CC1. The van der Waals surface area contributed by atoms with Gasteiger partial charge in [0, 0.05) is 12.6 Å². The Morgan fingerprint density at radius 2 is 1.79 bits per heavy atom. The van der Waals surface area contributed by atoms with E-state index >= 15 is 0 Å². The molecule has 2 aliphatic carbocycles. The summed E-state index contributed by atoms with van der Waals surface area (Å²) in [5, 5.41) is 3.62. The standard InChI is InChI=1S/C17H33NO/c1-4-5-15-8-10-17(11-9-15,13-18-14(2)3)19-12-16-6-7-16/h14-16,18H,4-13H2,1-3H3. The molecule has 2 nitrogen and oxygen atoms in total. The Morgan fingerprint density at radius 3 is 2.32 bits per heavy atom. The van der Waals surface area contributed by atoms with Crippen molar-refractivity contribution in [2.45, 2.75) is 83.8 Å². The molecule has 19 heavy (non-hydrogen) atoms. The first-order valence-corrected chi connectivity index (χ1v) is 8.51. The van der Waals surface area contributed by atoms with Crippen molar-refractivity contribution < 1.29 is 4.74 Å². The Hall–Kier alpha value is -0.0800. The maximum atomic E-state index is 6.41. The maximum Gasteiger partial charge on any atom is 0.0806 e. The second-order valence-electron chi connectivity index (χ2n) is 7.21. The number of nitrogens with one attached hydrogen (secondary N) is 1. The molecule has 0 radical (unpaired) electrons. The second-order valence-corrected chi connectivity index (χ2v) is 7.21. The van der Waals surface area contributed by atoms with E-state index in [0.29, 0.717) is 6.04 Å². The van der Waals surface area contributed by atoms with E-state index in [0.717, 1.165) is 25.0 Å². The molecule has 0 aromatic heterocycles. The van der Waals surface area contributed by atoms with Gasteiger partial charge >= 0.3 is 0 Å². The van der Waals surface area contributed by atoms with E-state index < -0.39 is 0 Å². The summed E-state index contributed by atoms with van der Waals surface area (Å²) in [6.45, 7) is 8.84. The lowest BCUT2D eigenvalue weighted by molar-refractivity contribution is -0.0818. The van der Waals surface area contributed by atoms with E-state index in [-0.39, 0.29) is 5.60 Å². The first-order valence-electron chi connectivity index (χ1n) is 8.51. The minimum Gasteiger partial charge on any atom is -0.373 e. The molecule has 2 heteroatoms. The minimum absolute atomic E-state index is 0.150. The zero-order valence-corrected chi connectivity index (χ0v) is 13.2. The third-order valence-corrected chi connectivity index (χ3v) is 4.87. The van der Waals surface area contributed by atoms with E-state index in [1.54, 1.807) is 0 Å². The van der Waals surface area contributed by atoms with Gasteiger partial charge in [-0.1, -0.05) is 33.6 Å². The number of ether oxygens (including phenoxy) is 1. The van der Waals surface area contributed by atoms with Crippen LogP contribution in [0.1, 0.15) is 72.1 Å². The molecule has 1 N–H and O–H groups in total. The van der Waals surface area contributed by atoms with E-state index in [9.17, 15) is 0 Å². The van der Waals surface area contributed by atoms with Crippen LogP contribution in [0.5, 0.6) is 0 Å². The molecule has 0 aromatic rings. The van der Waals surface area contributed by atoms with Crippen molar-refractivity contribution in [3.05, 3.63) is 0 Å². The van der Waals surface area contributed by atoms with Gasteiger partial charge in [0.2, 0.25) is 0 Å². The molecule has 0 bridgehead atoms. The molecule has 0 saturated heterocycles. The van der Waals surface area contributed by atoms with Gasteiger partial charge in [-0.15, -0.1) is 0 Å². The average Bonchev–Trinajstić information content (AvgIpc) is 3.21. The fourth-order valence-electron chi connectivity index (χ4n) is 3.24. The van der Waals surface area contributed by atoms with Gasteiger partial charge in [0.25, 0.3) is 0 Å². The van der Waals surface area contributed by atoms with E-state index in [2.05, 4.69) is 26.1 Å². The van der Waals surface area contributed by atoms with Crippen molar-refractivity contribution in [1.29, 1.82) is 0 Å². The van der Waals surface area contributed by atoms with Gasteiger partial charge in [0.15, 0.2) is 0 Å². The summed E-state index contributed by atoms with van der Waals surface area (Å²) >= 11 is 0. The fraction of sp³-hybridized carbons (Fsp3) is 1.00. The molecule has 0 amide bonds. The van der Waals surface area contributed by atoms with Crippen LogP contribution in [0.3, 0.4) is 0 Å². The molecular formula is C17H33NO. The molecule has 0 atom stereocenters. The molecule has 2 aliphatic rings. The quantitative estimate of drug-likeness (QED) is 0.713. The predicted octanol–water partition coefficient (Wildman–Crippen LogP) is 4.14. The molecule has 0 aliphatic heterocycles. The van der Waals surface area contributed by atoms with Crippen LogP contribution < -0.4 is 5.32 Å². The number of hydrogen-bond donors (Lipinski definition) is 1. The molecule has 112 valence electrons. The van der Waals surface area contributed by atoms with Crippen molar-refractivity contribution in [2.75, 3.05) is 13.2 Å². The number of rotatable bonds is 8. The normalized spacial score (nSPS) is 31.9. The van der Waals surface area contributed by atoms with Gasteiger partial charge in [-0.3, -0.25) is 0 Å². The lowest BCUT2D eigenvalue weighted by Gasteiger charge is -2.41. The molecule has 0 aromatic carbocycles. The maximum absolute atomic E-state index is 6.41. The van der Waals surface area contributed by atoms with Crippen molar-refractivity contribution in [3.63, 3.8) is 0 Å². The summed E-state index contributed by atoms with van der Waals surface area (Å²) in [7, 11) is 0. The zero-order valence-electron chi connectivity index (χ0n) is 13.2. The first kappa shape index (κ1) is 15.3. The van der Waals surface area contributed by atoms with Crippen molar-refractivity contribution in [2.24, 2.45) is 11.8 Å². The highest BCUT2D eigenvalue weighted by atomic mass is 16.5. The monoisotopic (exact) mass is 267 g/mol. The van der Waals surface area contributed by atoms with Crippen molar-refractivity contribution in [1.82, 2.24) is 5.32 Å². The molecular weight excluding hydrogens is 234 g/mol. The Balaban J connectivity index is 1.82. The van der Waals surface area contributed by atoms with E-state index in [1.807, 2.05) is 0 Å². The summed E-state index contributed by atoms with van der Waals surface area (Å²) in [5.41, 5.74) is 0.150. The van der Waals surface area contributed by atoms with E-state index in [1.165, 1.54) is 51.4 Å². The molecule has 0 unspecified atom stereocenters. The zero-order chi connectivity index (χ0) is 13.7. The number of hydrogen-bond acceptors (Lipinski definition) is 2. The molecule has 2 saturated carbocycles. The molecule has 2 fully saturated rings. The Bertz CT molecular complexity index is 244. The van der Waals surface area contributed by atoms with Crippen LogP contribution in [-0.4, -0.2) is 24.8 Å². The summed E-state index contributed by atoms with van der Waals surface area (Å²) in [5.74, 6) is 1.84. The van der Waals surface area contributed by atoms with Gasteiger partial charge in [-0.05, 0) is 50.4 Å². The smallest absolute Gasteiger partial charge is 0.0806 e. The van der Waals surface area contributed by atoms with Gasteiger partial charge in [0.1, 0.15) is 0 Å². The van der Waals surface area contributed by atoms with Gasteiger partial charge in [-0.25, -0.2) is 0 Å². The first-order chi connectivity index (χ1) is 9.13. The highest BCUT2D eigenvalue weighted by Gasteiger charge is 2.37. The minimum atomic E-state index is 0.150. The topological polar surface area (TPSA) is 21.3 Å². The van der Waals surface area contributed by atoms with Crippen molar-refractivity contribution >= 4 is 0 Å². The third-order valence-electron chi connectivity index (χ3n) is 4.87. The molecule has 2 rings (SSSR count). The van der Waals surface area contributed by atoms with Crippen LogP contribution in [0.15, 0.2) is 0 Å². The van der Waals surface area contributed by atoms with E-state index in [4.69, 9.17) is 4.74 Å². The Morgan fingerprint density at radius 1 is 1.11 bits per heavy atom. The van der Waals surface area contributed by atoms with Crippen LogP contribution in [0.4, 0.5) is 0 Å². The second kappa shape index (κ2) is 7.08. The van der Waals surface area contributed by atoms with Gasteiger partial charge in [-0.2, -0.15) is 0 Å². The third kappa shape index (κ3) is 5.07.